The van der Waals surface area contributed by atoms with Crippen molar-refractivity contribution in [3.8, 4) is 0 Å². The molecule has 0 spiro atoms. The second kappa shape index (κ2) is 13.3. The van der Waals surface area contributed by atoms with Crippen molar-refractivity contribution in [3.63, 3.8) is 0 Å². The molecule has 0 fully saturated rings. The van der Waals surface area contributed by atoms with E-state index in [4.69, 9.17) is 0 Å². The van der Waals surface area contributed by atoms with Gasteiger partial charge < -0.3 is 20.1 Å². The van der Waals surface area contributed by atoms with Gasteiger partial charge in [0, 0.05) is 0 Å². The van der Waals surface area contributed by atoms with E-state index < -0.39 is 40.5 Å². The molecule has 0 aromatic rings. The summed E-state index contributed by atoms with van der Waals surface area (Å²) >= 11 is 0. The van der Waals surface area contributed by atoms with Crippen molar-refractivity contribution in [2.24, 2.45) is 0 Å². The second-order valence-corrected chi connectivity index (χ2v) is 7.56. The highest BCUT2D eigenvalue weighted by molar-refractivity contribution is 5.76. The molecule has 0 aromatic heterocycles. The van der Waals surface area contributed by atoms with E-state index in [0.29, 0.717) is 6.42 Å². The third-order valence-corrected chi connectivity index (χ3v) is 5.78. The van der Waals surface area contributed by atoms with Gasteiger partial charge in [-0.15, -0.1) is 0 Å². The highest BCUT2D eigenvalue weighted by Crippen LogP contribution is 2.27. The number of carboxylic acids is 3. The van der Waals surface area contributed by atoms with E-state index in [-0.39, 0.29) is 6.54 Å². The molecule has 0 saturated heterocycles. The molecule has 0 heterocycles. The lowest BCUT2D eigenvalue weighted by Crippen LogP contribution is -2.72. The standard InChI is InChI=1S/C21H37NO6/c1-5-6-7-8-9-10-11-12-13-14-15-22(16(2)19(23)24,17(3)20(25)26)18(4)21(27)28/h8-9,16-18H,5-7,10-15H2,1-4H3,(H2-,23,24,25,26,27,28)/b9-8+. The van der Waals surface area contributed by atoms with Gasteiger partial charge in [-0.25, -0.2) is 9.59 Å². The zero-order valence-electron chi connectivity index (χ0n) is 17.7. The third kappa shape index (κ3) is 7.62. The van der Waals surface area contributed by atoms with Gasteiger partial charge in [-0.3, -0.25) is 4.48 Å². The first kappa shape index (κ1) is 26.1. The van der Waals surface area contributed by atoms with Crippen LogP contribution in [0.1, 0.15) is 79.1 Å². The topological polar surface area (TPSA) is 115 Å². The molecule has 0 aliphatic heterocycles. The monoisotopic (exact) mass is 399 g/mol. The second-order valence-electron chi connectivity index (χ2n) is 7.56. The highest BCUT2D eigenvalue weighted by Gasteiger charge is 2.50. The summed E-state index contributed by atoms with van der Waals surface area (Å²) in [6.07, 6.45) is 12.1. The largest absolute Gasteiger partial charge is 0.544 e. The van der Waals surface area contributed by atoms with Gasteiger partial charge in [0.05, 0.1) is 12.5 Å². The van der Waals surface area contributed by atoms with Crippen molar-refractivity contribution in [2.75, 3.05) is 6.54 Å². The van der Waals surface area contributed by atoms with Crippen LogP contribution in [0.25, 0.3) is 0 Å². The first-order valence-corrected chi connectivity index (χ1v) is 10.3. The predicted molar refractivity (Wildman–Crippen MR) is 106 cm³/mol. The zero-order valence-corrected chi connectivity index (χ0v) is 17.7. The minimum absolute atomic E-state index is 0.169. The van der Waals surface area contributed by atoms with E-state index in [1.54, 1.807) is 0 Å². The summed E-state index contributed by atoms with van der Waals surface area (Å²) in [6, 6.07) is -3.57. The van der Waals surface area contributed by atoms with Gasteiger partial charge in [0.1, 0.15) is 6.04 Å². The Morgan fingerprint density at radius 1 is 0.821 bits per heavy atom. The van der Waals surface area contributed by atoms with Gasteiger partial charge in [0.25, 0.3) is 0 Å². The Labute approximate surface area is 168 Å². The summed E-state index contributed by atoms with van der Waals surface area (Å²) in [4.78, 5) is 34.9. The lowest BCUT2D eigenvalue weighted by Gasteiger charge is -2.49. The number of carbonyl (C=O) groups is 3. The van der Waals surface area contributed by atoms with Gasteiger partial charge in [-0.2, -0.15) is 0 Å². The fourth-order valence-corrected chi connectivity index (χ4v) is 3.75. The summed E-state index contributed by atoms with van der Waals surface area (Å²) in [5.41, 5.74) is 0. The average molecular weight is 400 g/mol. The predicted octanol–water partition coefficient (Wildman–Crippen LogP) is 2.58. The van der Waals surface area contributed by atoms with Crippen LogP contribution in [0.4, 0.5) is 0 Å². The van der Waals surface area contributed by atoms with Crippen LogP contribution in [-0.2, 0) is 14.4 Å². The van der Waals surface area contributed by atoms with Crippen LogP contribution in [0.5, 0.6) is 0 Å². The van der Waals surface area contributed by atoms with E-state index >= 15 is 0 Å². The average Bonchev–Trinajstić information content (AvgIpc) is 2.64. The number of carbonyl (C=O) groups excluding carboxylic acids is 1. The lowest BCUT2D eigenvalue weighted by atomic mass is 10.00. The molecule has 0 saturated carbocycles. The molecular weight excluding hydrogens is 362 g/mol. The highest BCUT2D eigenvalue weighted by atomic mass is 16.4. The molecule has 0 amide bonds. The molecule has 0 aliphatic rings. The maximum Gasteiger partial charge on any atom is 0.362 e. The molecule has 28 heavy (non-hydrogen) atoms. The normalized spacial score (nSPS) is 17.0. The quantitative estimate of drug-likeness (QED) is 0.234. The van der Waals surface area contributed by atoms with Crippen LogP contribution in [0.3, 0.4) is 0 Å². The van der Waals surface area contributed by atoms with Gasteiger partial charge in [0.2, 0.25) is 0 Å². The van der Waals surface area contributed by atoms with Crippen LogP contribution in [0.2, 0.25) is 0 Å². The number of allylic oxidation sites excluding steroid dienone is 2. The molecule has 0 bridgehead atoms. The summed E-state index contributed by atoms with van der Waals surface area (Å²) in [7, 11) is 0. The molecular formula is C21H37NO6. The lowest BCUT2D eigenvalue weighted by molar-refractivity contribution is -0.969. The van der Waals surface area contributed by atoms with E-state index in [0.717, 1.165) is 32.1 Å². The van der Waals surface area contributed by atoms with E-state index in [1.165, 1.54) is 33.6 Å². The van der Waals surface area contributed by atoms with Gasteiger partial charge in [0.15, 0.2) is 12.1 Å². The number of quaternary nitrogens is 1. The maximum atomic E-state index is 11.7. The molecule has 162 valence electrons. The Morgan fingerprint density at radius 2 is 1.29 bits per heavy atom. The molecule has 0 rings (SSSR count). The van der Waals surface area contributed by atoms with Crippen LogP contribution in [0.15, 0.2) is 12.2 Å². The van der Waals surface area contributed by atoms with E-state index in [9.17, 15) is 29.7 Å². The van der Waals surface area contributed by atoms with E-state index in [1.807, 2.05) is 0 Å². The van der Waals surface area contributed by atoms with Crippen molar-refractivity contribution in [1.82, 2.24) is 0 Å². The fourth-order valence-electron chi connectivity index (χ4n) is 3.75. The van der Waals surface area contributed by atoms with Crippen LogP contribution >= 0.6 is 0 Å². The van der Waals surface area contributed by atoms with Gasteiger partial charge in [-0.1, -0.05) is 38.3 Å². The Bertz CT molecular complexity index is 481. The summed E-state index contributed by atoms with van der Waals surface area (Å²) in [6.45, 7) is 6.42. The molecule has 0 radical (unpaired) electrons. The number of aliphatic carboxylic acids is 3. The van der Waals surface area contributed by atoms with Crippen LogP contribution in [0, 0.1) is 0 Å². The molecule has 0 aliphatic carbocycles. The molecule has 7 nitrogen and oxygen atoms in total. The number of rotatable bonds is 16. The minimum Gasteiger partial charge on any atom is -0.544 e. The van der Waals surface area contributed by atoms with Gasteiger partial charge in [-0.05, 0) is 52.9 Å². The summed E-state index contributed by atoms with van der Waals surface area (Å²) in [5, 5.41) is 30.6. The summed E-state index contributed by atoms with van der Waals surface area (Å²) < 4.78 is -0.552. The van der Waals surface area contributed by atoms with Crippen molar-refractivity contribution in [2.45, 2.75) is 97.2 Å². The Kier molecular flexibility index (Phi) is 12.4. The van der Waals surface area contributed by atoms with Crippen LogP contribution in [-0.4, -0.2) is 57.3 Å². The van der Waals surface area contributed by atoms with Crippen molar-refractivity contribution in [3.05, 3.63) is 12.2 Å². The van der Waals surface area contributed by atoms with Gasteiger partial charge >= 0.3 is 11.9 Å². The third-order valence-electron chi connectivity index (χ3n) is 5.78. The first-order chi connectivity index (χ1) is 13.1. The molecule has 0 aromatic carbocycles. The number of hydrogen-bond donors (Lipinski definition) is 2. The zero-order chi connectivity index (χ0) is 21.7. The van der Waals surface area contributed by atoms with Crippen molar-refractivity contribution >= 4 is 17.9 Å². The number of hydrogen-bond acceptors (Lipinski definition) is 4. The van der Waals surface area contributed by atoms with Crippen molar-refractivity contribution in [1.29, 1.82) is 0 Å². The molecule has 3 unspecified atom stereocenters. The number of carboxylic acid groups (broad SMARTS) is 3. The molecule has 2 N–H and O–H groups in total. The number of nitrogens with zero attached hydrogens (tertiary/aromatic N) is 1. The Balaban J connectivity index is 4.99. The van der Waals surface area contributed by atoms with Crippen LogP contribution < -0.4 is 5.11 Å². The molecule has 3 atom stereocenters. The Hall–Kier alpha value is -1.89. The summed E-state index contributed by atoms with van der Waals surface area (Å²) in [5.74, 6) is -3.85. The fraction of sp³-hybridized carbons (Fsp3) is 0.762. The Morgan fingerprint density at radius 3 is 1.71 bits per heavy atom. The number of unbranched alkanes of at least 4 members (excludes halogenated alkanes) is 6. The smallest absolute Gasteiger partial charge is 0.362 e. The van der Waals surface area contributed by atoms with Crippen molar-refractivity contribution < 1.29 is 34.2 Å². The minimum atomic E-state index is -1.43. The van der Waals surface area contributed by atoms with E-state index in [2.05, 4.69) is 19.1 Å². The first-order valence-electron chi connectivity index (χ1n) is 10.3. The maximum absolute atomic E-state index is 11.7. The SMILES string of the molecule is CCCC/C=C/CCCCCC[N+](C(C)C(=O)[O-])(C(C)C(=O)O)C(C)C(=O)O. The molecule has 7 heteroatoms.